The minimum Gasteiger partial charge on any atom is -0.490 e. The van der Waals surface area contributed by atoms with Gasteiger partial charge >= 0.3 is 0 Å². The molecule has 94 valence electrons. The first kappa shape index (κ1) is 13.3. The molecule has 5 nitrogen and oxygen atoms in total. The predicted molar refractivity (Wildman–Crippen MR) is 66.4 cm³/mol. The third-order valence-electron chi connectivity index (χ3n) is 2.19. The molecule has 0 aliphatic heterocycles. The molecule has 0 aliphatic carbocycles. The summed E-state index contributed by atoms with van der Waals surface area (Å²) in [5, 5.41) is 6.96. The van der Waals surface area contributed by atoms with E-state index in [1.165, 1.54) is 0 Å². The second kappa shape index (κ2) is 7.49. The SMILES string of the molecule is CCOc1ccc(CCN=NN)cc1OCC. The number of nitrogens with two attached hydrogens (primary N) is 1. The summed E-state index contributed by atoms with van der Waals surface area (Å²) < 4.78 is 11.0. The van der Waals surface area contributed by atoms with E-state index in [4.69, 9.17) is 15.3 Å². The maximum Gasteiger partial charge on any atom is 0.161 e. The van der Waals surface area contributed by atoms with E-state index in [1.807, 2.05) is 32.0 Å². The van der Waals surface area contributed by atoms with E-state index in [0.717, 1.165) is 23.5 Å². The van der Waals surface area contributed by atoms with Crippen molar-refractivity contribution in [1.82, 2.24) is 0 Å². The lowest BCUT2D eigenvalue weighted by atomic mass is 10.1. The normalized spacial score (nSPS) is 10.7. The average molecular weight is 237 g/mol. The fraction of sp³-hybridized carbons (Fsp3) is 0.500. The molecular formula is C12H19N3O2. The first-order valence-electron chi connectivity index (χ1n) is 5.77. The summed E-state index contributed by atoms with van der Waals surface area (Å²) in [6.07, 6.45) is 0.785. The number of hydrogen-bond acceptors (Lipinski definition) is 4. The molecule has 0 aromatic heterocycles. The molecular weight excluding hydrogens is 218 g/mol. The Bertz CT molecular complexity index is 367. The highest BCUT2D eigenvalue weighted by molar-refractivity contribution is 5.43. The Hall–Kier alpha value is -1.78. The van der Waals surface area contributed by atoms with Crippen molar-refractivity contribution in [3.8, 4) is 11.5 Å². The summed E-state index contributed by atoms with van der Waals surface area (Å²) in [6.45, 7) is 5.72. The third-order valence-corrected chi connectivity index (χ3v) is 2.19. The van der Waals surface area contributed by atoms with E-state index in [1.54, 1.807) is 0 Å². The van der Waals surface area contributed by atoms with Gasteiger partial charge in [-0.3, -0.25) is 0 Å². The molecule has 0 unspecified atom stereocenters. The van der Waals surface area contributed by atoms with Crippen LogP contribution in [0.4, 0.5) is 0 Å². The van der Waals surface area contributed by atoms with Crippen molar-refractivity contribution in [3.05, 3.63) is 23.8 Å². The van der Waals surface area contributed by atoms with Gasteiger partial charge in [0.15, 0.2) is 11.5 Å². The number of nitrogens with zero attached hydrogens (tertiary/aromatic N) is 2. The van der Waals surface area contributed by atoms with Crippen LogP contribution in [0.5, 0.6) is 11.5 Å². The molecule has 0 atom stereocenters. The maximum atomic E-state index is 5.53. The first-order chi connectivity index (χ1) is 8.31. The lowest BCUT2D eigenvalue weighted by Crippen LogP contribution is -2.00. The molecule has 0 bridgehead atoms. The minimum atomic E-state index is 0.579. The molecule has 5 heteroatoms. The van der Waals surface area contributed by atoms with E-state index in [0.29, 0.717) is 19.8 Å². The first-order valence-corrected chi connectivity index (χ1v) is 5.77. The zero-order valence-corrected chi connectivity index (χ0v) is 10.3. The Morgan fingerprint density at radius 1 is 1.12 bits per heavy atom. The molecule has 0 heterocycles. The van der Waals surface area contributed by atoms with Crippen molar-refractivity contribution < 1.29 is 9.47 Å². The van der Waals surface area contributed by atoms with Gasteiger partial charge in [0.1, 0.15) is 0 Å². The molecule has 0 saturated carbocycles. The fourth-order valence-corrected chi connectivity index (χ4v) is 1.49. The van der Waals surface area contributed by atoms with Crippen LogP contribution in [0.15, 0.2) is 28.5 Å². The lowest BCUT2D eigenvalue weighted by Gasteiger charge is -2.11. The number of ether oxygens (including phenoxy) is 2. The van der Waals surface area contributed by atoms with Gasteiger partial charge < -0.3 is 15.3 Å². The Morgan fingerprint density at radius 3 is 2.47 bits per heavy atom. The van der Waals surface area contributed by atoms with E-state index < -0.39 is 0 Å². The molecule has 0 spiro atoms. The number of hydrogen-bond donors (Lipinski definition) is 1. The maximum absolute atomic E-state index is 5.53. The van der Waals surface area contributed by atoms with Crippen molar-refractivity contribution in [1.29, 1.82) is 0 Å². The zero-order chi connectivity index (χ0) is 12.5. The van der Waals surface area contributed by atoms with Crippen LogP contribution in [0, 0.1) is 0 Å². The highest BCUT2D eigenvalue weighted by Crippen LogP contribution is 2.28. The van der Waals surface area contributed by atoms with Crippen molar-refractivity contribution in [2.75, 3.05) is 19.8 Å². The summed E-state index contributed by atoms with van der Waals surface area (Å²) in [5.74, 6) is 6.50. The monoisotopic (exact) mass is 237 g/mol. The molecule has 0 fully saturated rings. The van der Waals surface area contributed by atoms with E-state index in [2.05, 4.69) is 10.3 Å². The molecule has 1 rings (SSSR count). The van der Waals surface area contributed by atoms with Crippen molar-refractivity contribution in [2.24, 2.45) is 16.2 Å². The van der Waals surface area contributed by atoms with Gasteiger partial charge in [-0.25, -0.2) is 0 Å². The van der Waals surface area contributed by atoms with Crippen LogP contribution in [-0.4, -0.2) is 19.8 Å². The van der Waals surface area contributed by atoms with E-state index in [9.17, 15) is 0 Å². The summed E-state index contributed by atoms with van der Waals surface area (Å²) in [4.78, 5) is 0. The Labute approximate surface area is 102 Å². The van der Waals surface area contributed by atoms with Crippen molar-refractivity contribution >= 4 is 0 Å². The highest BCUT2D eigenvalue weighted by atomic mass is 16.5. The van der Waals surface area contributed by atoms with Crippen LogP contribution in [0.1, 0.15) is 19.4 Å². The largest absolute Gasteiger partial charge is 0.490 e. The molecule has 0 radical (unpaired) electrons. The van der Waals surface area contributed by atoms with Gasteiger partial charge in [0.2, 0.25) is 0 Å². The van der Waals surface area contributed by atoms with Crippen LogP contribution < -0.4 is 15.3 Å². The van der Waals surface area contributed by atoms with E-state index in [-0.39, 0.29) is 0 Å². The molecule has 0 aliphatic rings. The van der Waals surface area contributed by atoms with Crippen LogP contribution in [0.25, 0.3) is 0 Å². The van der Waals surface area contributed by atoms with Crippen LogP contribution in [-0.2, 0) is 6.42 Å². The summed E-state index contributed by atoms with van der Waals surface area (Å²) in [6, 6.07) is 5.89. The summed E-state index contributed by atoms with van der Waals surface area (Å²) in [5.41, 5.74) is 1.13. The summed E-state index contributed by atoms with van der Waals surface area (Å²) >= 11 is 0. The van der Waals surface area contributed by atoms with E-state index >= 15 is 0 Å². The average Bonchev–Trinajstić information content (AvgIpc) is 2.33. The molecule has 0 amide bonds. The quantitative estimate of drug-likeness (QED) is 0.449. The fourth-order valence-electron chi connectivity index (χ4n) is 1.49. The standard InChI is InChI=1S/C12H19N3O2/c1-3-16-11-6-5-10(7-8-14-15-13)9-12(11)17-4-2/h5-6,9H,3-4,7-8H2,1-2H3,(H2,13,14). The topological polar surface area (TPSA) is 69.2 Å². The number of benzene rings is 1. The van der Waals surface area contributed by atoms with Crippen molar-refractivity contribution in [2.45, 2.75) is 20.3 Å². The van der Waals surface area contributed by atoms with Crippen molar-refractivity contribution in [3.63, 3.8) is 0 Å². The smallest absolute Gasteiger partial charge is 0.161 e. The lowest BCUT2D eigenvalue weighted by molar-refractivity contribution is 0.287. The molecule has 17 heavy (non-hydrogen) atoms. The van der Waals surface area contributed by atoms with Crippen LogP contribution >= 0.6 is 0 Å². The van der Waals surface area contributed by atoms with Crippen LogP contribution in [0.3, 0.4) is 0 Å². The Kier molecular flexibility index (Phi) is 5.85. The zero-order valence-electron chi connectivity index (χ0n) is 10.3. The summed E-state index contributed by atoms with van der Waals surface area (Å²) in [7, 11) is 0. The molecule has 0 saturated heterocycles. The van der Waals surface area contributed by atoms with Gasteiger partial charge in [-0.1, -0.05) is 11.3 Å². The number of rotatable bonds is 7. The molecule has 1 aromatic carbocycles. The third kappa shape index (κ3) is 4.30. The van der Waals surface area contributed by atoms with Gasteiger partial charge in [0, 0.05) is 0 Å². The van der Waals surface area contributed by atoms with Gasteiger partial charge in [-0.2, -0.15) is 5.11 Å². The highest BCUT2D eigenvalue weighted by Gasteiger charge is 2.05. The second-order valence-electron chi connectivity index (χ2n) is 3.38. The molecule has 1 aromatic rings. The predicted octanol–water partition coefficient (Wildman–Crippen LogP) is 2.35. The Balaban J connectivity index is 2.77. The second-order valence-corrected chi connectivity index (χ2v) is 3.38. The Morgan fingerprint density at radius 2 is 1.82 bits per heavy atom. The van der Waals surface area contributed by atoms with Crippen LogP contribution in [0.2, 0.25) is 0 Å². The van der Waals surface area contributed by atoms with Gasteiger partial charge in [-0.05, 0) is 38.0 Å². The van der Waals surface area contributed by atoms with Gasteiger partial charge in [0.05, 0.1) is 19.8 Å². The molecule has 2 N–H and O–H groups in total. The minimum absolute atomic E-state index is 0.579. The van der Waals surface area contributed by atoms with Gasteiger partial charge in [0.25, 0.3) is 0 Å². The van der Waals surface area contributed by atoms with Gasteiger partial charge in [-0.15, -0.1) is 0 Å².